The van der Waals surface area contributed by atoms with Gasteiger partial charge in [-0.1, -0.05) is 0 Å². The molecule has 1 aliphatic carbocycles. The zero-order valence-corrected chi connectivity index (χ0v) is 11.8. The Hall–Kier alpha value is -2.96. The number of phenols is 1. The molecule has 0 aromatic heterocycles. The molecule has 0 fully saturated rings. The topological polar surface area (TPSA) is 116 Å². The summed E-state index contributed by atoms with van der Waals surface area (Å²) >= 11 is 0. The van der Waals surface area contributed by atoms with Gasteiger partial charge in [0.15, 0.2) is 0 Å². The number of aliphatic hydroxyl groups is 2. The number of anilines is 1. The molecule has 0 saturated heterocycles. The van der Waals surface area contributed by atoms with Crippen LogP contribution in [0.3, 0.4) is 0 Å². The van der Waals surface area contributed by atoms with Gasteiger partial charge in [-0.15, -0.1) is 0 Å². The van der Waals surface area contributed by atoms with Crippen LogP contribution in [0.1, 0.15) is 23.2 Å². The summed E-state index contributed by atoms with van der Waals surface area (Å²) in [6.45, 7) is 0. The standard InChI is InChI=1S/C15H15NO6/c1-22-15(21)10-6-8(17)2-4-12(10)16-14(20)11-7-9(18)3-5-13(11)19/h2,4,6-7,17-19H,3,5H2,1H3,(H,16,20). The first-order valence-electron chi connectivity index (χ1n) is 6.46. The average molecular weight is 305 g/mol. The molecule has 1 aromatic carbocycles. The Kier molecular flexibility index (Phi) is 4.36. The lowest BCUT2D eigenvalue weighted by molar-refractivity contribution is -0.112. The molecule has 4 N–H and O–H groups in total. The molecular formula is C15H15NO6. The molecular weight excluding hydrogens is 290 g/mol. The number of ether oxygens (including phenoxy) is 1. The molecule has 0 unspecified atom stereocenters. The monoisotopic (exact) mass is 305 g/mol. The van der Waals surface area contributed by atoms with E-state index in [1.54, 1.807) is 0 Å². The molecule has 0 spiro atoms. The number of carbonyl (C=O) groups excluding carboxylic acids is 2. The van der Waals surface area contributed by atoms with E-state index in [1.807, 2.05) is 0 Å². The van der Waals surface area contributed by atoms with E-state index in [-0.39, 0.29) is 46.9 Å². The molecule has 0 radical (unpaired) electrons. The number of phenolic OH excluding ortho intramolecular Hbond substituents is 1. The highest BCUT2D eigenvalue weighted by Crippen LogP contribution is 2.25. The number of hydrogen-bond acceptors (Lipinski definition) is 6. The second kappa shape index (κ2) is 6.21. The number of aliphatic hydroxyl groups excluding tert-OH is 2. The third-order valence-corrected chi connectivity index (χ3v) is 3.14. The zero-order valence-electron chi connectivity index (χ0n) is 11.8. The van der Waals surface area contributed by atoms with E-state index in [9.17, 15) is 24.9 Å². The molecule has 0 atom stereocenters. The fourth-order valence-corrected chi connectivity index (χ4v) is 2.01. The molecule has 116 valence electrons. The van der Waals surface area contributed by atoms with E-state index in [4.69, 9.17) is 0 Å². The smallest absolute Gasteiger partial charge is 0.340 e. The molecule has 0 bridgehead atoms. The zero-order chi connectivity index (χ0) is 16.3. The van der Waals surface area contributed by atoms with Crippen molar-refractivity contribution in [1.29, 1.82) is 0 Å². The van der Waals surface area contributed by atoms with Gasteiger partial charge in [-0.2, -0.15) is 0 Å². The Labute approximate surface area is 126 Å². The van der Waals surface area contributed by atoms with Gasteiger partial charge in [0.1, 0.15) is 11.5 Å². The Balaban J connectivity index is 2.31. The van der Waals surface area contributed by atoms with Crippen LogP contribution >= 0.6 is 0 Å². The SMILES string of the molecule is COC(=O)c1cc(O)ccc1NC(=O)C1=C(O)CCC(O)=C1. The quantitative estimate of drug-likeness (QED) is 0.502. The van der Waals surface area contributed by atoms with E-state index >= 15 is 0 Å². The van der Waals surface area contributed by atoms with Crippen molar-refractivity contribution in [3.63, 3.8) is 0 Å². The maximum absolute atomic E-state index is 12.2. The van der Waals surface area contributed by atoms with Gasteiger partial charge in [0.2, 0.25) is 0 Å². The highest BCUT2D eigenvalue weighted by molar-refractivity contribution is 6.09. The third-order valence-electron chi connectivity index (χ3n) is 3.14. The first kappa shape index (κ1) is 15.4. The van der Waals surface area contributed by atoms with Crippen molar-refractivity contribution in [2.24, 2.45) is 0 Å². The van der Waals surface area contributed by atoms with Crippen LogP contribution in [0.15, 0.2) is 41.4 Å². The summed E-state index contributed by atoms with van der Waals surface area (Å²) in [6, 6.07) is 3.79. The van der Waals surface area contributed by atoms with E-state index < -0.39 is 11.9 Å². The van der Waals surface area contributed by atoms with Gasteiger partial charge in [0.05, 0.1) is 29.7 Å². The highest BCUT2D eigenvalue weighted by Gasteiger charge is 2.21. The molecule has 2 rings (SSSR count). The lowest BCUT2D eigenvalue weighted by atomic mass is 10.0. The predicted molar refractivity (Wildman–Crippen MR) is 77.7 cm³/mol. The summed E-state index contributed by atoms with van der Waals surface area (Å²) in [5.41, 5.74) is 0.0148. The minimum Gasteiger partial charge on any atom is -0.512 e. The van der Waals surface area contributed by atoms with Crippen LogP contribution in [0.2, 0.25) is 0 Å². The van der Waals surface area contributed by atoms with Crippen molar-refractivity contribution in [3.8, 4) is 5.75 Å². The number of rotatable bonds is 3. The van der Waals surface area contributed by atoms with Gasteiger partial charge in [0, 0.05) is 12.8 Å². The molecule has 1 aromatic rings. The number of benzene rings is 1. The maximum atomic E-state index is 12.2. The van der Waals surface area contributed by atoms with Crippen molar-refractivity contribution in [1.82, 2.24) is 0 Å². The number of hydrogen-bond donors (Lipinski definition) is 4. The second-order valence-electron chi connectivity index (χ2n) is 4.67. The van der Waals surface area contributed by atoms with Gasteiger partial charge in [-0.25, -0.2) is 4.79 Å². The lowest BCUT2D eigenvalue weighted by Crippen LogP contribution is -2.19. The number of carbonyl (C=O) groups is 2. The van der Waals surface area contributed by atoms with Crippen molar-refractivity contribution in [2.75, 3.05) is 12.4 Å². The largest absolute Gasteiger partial charge is 0.512 e. The van der Waals surface area contributed by atoms with Crippen molar-refractivity contribution < 1.29 is 29.6 Å². The summed E-state index contributed by atoms with van der Waals surface area (Å²) in [5, 5.41) is 31.1. The third kappa shape index (κ3) is 3.20. The van der Waals surface area contributed by atoms with Crippen LogP contribution in [-0.2, 0) is 9.53 Å². The van der Waals surface area contributed by atoms with E-state index in [0.717, 1.165) is 6.07 Å². The molecule has 7 nitrogen and oxygen atoms in total. The molecule has 0 saturated carbocycles. The summed E-state index contributed by atoms with van der Waals surface area (Å²) in [5.74, 6) is -1.72. The average Bonchev–Trinajstić information content (AvgIpc) is 2.50. The van der Waals surface area contributed by atoms with Crippen LogP contribution in [0.25, 0.3) is 0 Å². The molecule has 1 aliphatic rings. The molecule has 0 aliphatic heterocycles. The van der Waals surface area contributed by atoms with Crippen LogP contribution in [0.4, 0.5) is 5.69 Å². The predicted octanol–water partition coefficient (Wildman–Crippen LogP) is 2.17. The number of aromatic hydroxyl groups is 1. The van der Waals surface area contributed by atoms with Crippen LogP contribution in [0.5, 0.6) is 5.75 Å². The minimum absolute atomic E-state index is 0.0122. The molecule has 0 heterocycles. The molecule has 22 heavy (non-hydrogen) atoms. The van der Waals surface area contributed by atoms with Gasteiger partial charge < -0.3 is 25.4 Å². The first-order chi connectivity index (χ1) is 10.4. The summed E-state index contributed by atoms with van der Waals surface area (Å²) < 4.78 is 4.58. The Bertz CT molecular complexity index is 689. The summed E-state index contributed by atoms with van der Waals surface area (Å²) in [6.07, 6.45) is 1.59. The first-order valence-corrected chi connectivity index (χ1v) is 6.46. The van der Waals surface area contributed by atoms with Crippen LogP contribution < -0.4 is 5.32 Å². The van der Waals surface area contributed by atoms with Crippen molar-refractivity contribution in [2.45, 2.75) is 12.8 Å². The van der Waals surface area contributed by atoms with Crippen LogP contribution in [-0.4, -0.2) is 34.3 Å². The highest BCUT2D eigenvalue weighted by atomic mass is 16.5. The number of methoxy groups -OCH3 is 1. The van der Waals surface area contributed by atoms with Gasteiger partial charge in [-0.05, 0) is 24.3 Å². The van der Waals surface area contributed by atoms with Crippen molar-refractivity contribution in [3.05, 3.63) is 46.9 Å². The number of nitrogens with one attached hydrogen (secondary N) is 1. The molecule has 1 amide bonds. The lowest BCUT2D eigenvalue weighted by Gasteiger charge is -2.14. The van der Waals surface area contributed by atoms with Crippen LogP contribution in [0, 0.1) is 0 Å². The van der Waals surface area contributed by atoms with Gasteiger partial charge >= 0.3 is 5.97 Å². The van der Waals surface area contributed by atoms with Gasteiger partial charge in [0.25, 0.3) is 5.91 Å². The summed E-state index contributed by atoms with van der Waals surface area (Å²) in [7, 11) is 1.17. The fourth-order valence-electron chi connectivity index (χ4n) is 2.01. The Morgan fingerprint density at radius 1 is 1.18 bits per heavy atom. The van der Waals surface area contributed by atoms with Crippen molar-refractivity contribution >= 4 is 17.6 Å². The normalized spacial score (nSPS) is 14.3. The summed E-state index contributed by atoms with van der Waals surface area (Å²) in [4.78, 5) is 23.8. The number of allylic oxidation sites excluding steroid dienone is 2. The molecule has 7 heteroatoms. The number of esters is 1. The maximum Gasteiger partial charge on any atom is 0.340 e. The van der Waals surface area contributed by atoms with E-state index in [1.165, 1.54) is 25.3 Å². The minimum atomic E-state index is -0.730. The number of amides is 1. The van der Waals surface area contributed by atoms with Gasteiger partial charge in [-0.3, -0.25) is 4.79 Å². The second-order valence-corrected chi connectivity index (χ2v) is 4.67. The Morgan fingerprint density at radius 3 is 2.59 bits per heavy atom. The van der Waals surface area contributed by atoms with E-state index in [0.29, 0.717) is 0 Å². The Morgan fingerprint density at radius 2 is 1.91 bits per heavy atom. The van der Waals surface area contributed by atoms with E-state index in [2.05, 4.69) is 10.1 Å². The fraction of sp³-hybridized carbons (Fsp3) is 0.200.